The summed E-state index contributed by atoms with van der Waals surface area (Å²) in [5.74, 6) is 0.714. The second-order valence-electron chi connectivity index (χ2n) is 3.15. The lowest BCUT2D eigenvalue weighted by Crippen LogP contribution is -1.97. The number of unbranched alkanes of at least 4 members (excludes halogenated alkanes) is 2. The van der Waals surface area contributed by atoms with Crippen LogP contribution in [-0.4, -0.2) is 6.61 Å². The Hall–Kier alpha value is -1.40. The minimum atomic E-state index is 0.504. The molecular weight excluding hydrogens is 212 g/mol. The van der Waals surface area contributed by atoms with Crippen molar-refractivity contribution >= 4 is 17.3 Å². The Morgan fingerprint density at radius 3 is 2.87 bits per heavy atom. The largest absolute Gasteiger partial charge is 0.494 e. The third kappa shape index (κ3) is 4.09. The van der Waals surface area contributed by atoms with Crippen LogP contribution in [0.2, 0.25) is 5.02 Å². The summed E-state index contributed by atoms with van der Waals surface area (Å²) in [5, 5.41) is 8.83. The average Bonchev–Trinajstić information content (AvgIpc) is 2.23. The fourth-order valence-corrected chi connectivity index (χ4v) is 1.26. The van der Waals surface area contributed by atoms with E-state index in [0.717, 1.165) is 12.8 Å². The monoisotopic (exact) mass is 224 g/mol. The van der Waals surface area contributed by atoms with Gasteiger partial charge in [0.25, 0.3) is 0 Å². The quantitative estimate of drug-likeness (QED) is 0.618. The zero-order chi connectivity index (χ0) is 11.1. The molecule has 0 spiro atoms. The molecule has 0 bridgehead atoms. The second kappa shape index (κ2) is 6.15. The number of nitrogens with zero attached hydrogens (tertiary/aromatic N) is 1. The topological polar surface area (TPSA) is 59.0 Å². The molecule has 4 heteroatoms. The van der Waals surface area contributed by atoms with Crippen LogP contribution >= 0.6 is 11.6 Å². The standard InChI is InChI=1S/C11H13ClN2O/c12-10-8-9(4-5-11(10)14)15-7-3-1-2-6-13/h4-5,8H,1-3,7,14H2. The van der Waals surface area contributed by atoms with E-state index in [1.54, 1.807) is 18.2 Å². The summed E-state index contributed by atoms with van der Waals surface area (Å²) in [5.41, 5.74) is 6.11. The van der Waals surface area contributed by atoms with Crippen molar-refractivity contribution in [3.05, 3.63) is 23.2 Å². The van der Waals surface area contributed by atoms with Crippen molar-refractivity contribution in [2.45, 2.75) is 19.3 Å². The molecule has 0 unspecified atom stereocenters. The Labute approximate surface area is 94.4 Å². The van der Waals surface area contributed by atoms with Gasteiger partial charge in [-0.15, -0.1) is 0 Å². The van der Waals surface area contributed by atoms with E-state index in [0.29, 0.717) is 29.5 Å². The lowest BCUT2D eigenvalue weighted by atomic mass is 10.2. The van der Waals surface area contributed by atoms with Gasteiger partial charge in [-0.05, 0) is 25.0 Å². The van der Waals surface area contributed by atoms with Crippen molar-refractivity contribution < 1.29 is 4.74 Å². The SMILES string of the molecule is N#CCCCCOc1ccc(N)c(Cl)c1. The van der Waals surface area contributed by atoms with Crippen molar-refractivity contribution in [3.63, 3.8) is 0 Å². The average molecular weight is 225 g/mol. The van der Waals surface area contributed by atoms with Crippen molar-refractivity contribution in [1.29, 1.82) is 5.26 Å². The number of nitriles is 1. The zero-order valence-electron chi connectivity index (χ0n) is 8.37. The molecule has 1 rings (SSSR count). The maximum atomic E-state index is 8.33. The Balaban J connectivity index is 2.32. The number of nitrogen functional groups attached to an aromatic ring is 1. The van der Waals surface area contributed by atoms with E-state index < -0.39 is 0 Å². The molecule has 0 radical (unpaired) electrons. The van der Waals surface area contributed by atoms with E-state index in [1.165, 1.54) is 0 Å². The molecule has 0 saturated carbocycles. The molecule has 15 heavy (non-hydrogen) atoms. The first-order valence-corrected chi connectivity index (χ1v) is 5.16. The van der Waals surface area contributed by atoms with Crippen LogP contribution in [0, 0.1) is 11.3 Å². The maximum Gasteiger partial charge on any atom is 0.120 e. The predicted molar refractivity (Wildman–Crippen MR) is 60.8 cm³/mol. The van der Waals surface area contributed by atoms with E-state index in [-0.39, 0.29) is 0 Å². The molecule has 0 aliphatic rings. The summed E-state index contributed by atoms with van der Waals surface area (Å²) in [6.07, 6.45) is 2.31. The summed E-state index contributed by atoms with van der Waals surface area (Å²) in [6.45, 7) is 0.599. The lowest BCUT2D eigenvalue weighted by molar-refractivity contribution is 0.307. The van der Waals surface area contributed by atoms with Gasteiger partial charge in [0.15, 0.2) is 0 Å². The lowest BCUT2D eigenvalue weighted by Gasteiger charge is -2.06. The molecular formula is C11H13ClN2O. The fraction of sp³-hybridized carbons (Fsp3) is 0.364. The number of halogens is 1. The number of hydrogen-bond donors (Lipinski definition) is 1. The van der Waals surface area contributed by atoms with E-state index in [1.807, 2.05) is 0 Å². The van der Waals surface area contributed by atoms with Crippen LogP contribution in [0.25, 0.3) is 0 Å². The van der Waals surface area contributed by atoms with Gasteiger partial charge < -0.3 is 10.5 Å². The summed E-state index contributed by atoms with van der Waals surface area (Å²) in [7, 11) is 0. The van der Waals surface area contributed by atoms with Gasteiger partial charge >= 0.3 is 0 Å². The molecule has 0 saturated heterocycles. The number of rotatable bonds is 5. The molecule has 0 aromatic heterocycles. The van der Waals surface area contributed by atoms with Gasteiger partial charge in [0.2, 0.25) is 0 Å². The highest BCUT2D eigenvalue weighted by Gasteiger charge is 1.98. The smallest absolute Gasteiger partial charge is 0.120 e. The zero-order valence-corrected chi connectivity index (χ0v) is 9.13. The van der Waals surface area contributed by atoms with Crippen LogP contribution < -0.4 is 10.5 Å². The third-order valence-corrected chi connectivity index (χ3v) is 2.25. The Morgan fingerprint density at radius 2 is 2.20 bits per heavy atom. The summed E-state index contributed by atoms with van der Waals surface area (Å²) >= 11 is 5.83. The van der Waals surface area contributed by atoms with E-state index in [4.69, 9.17) is 27.3 Å². The van der Waals surface area contributed by atoms with Gasteiger partial charge in [-0.25, -0.2) is 0 Å². The first-order valence-electron chi connectivity index (χ1n) is 4.79. The number of hydrogen-bond acceptors (Lipinski definition) is 3. The molecule has 0 amide bonds. The Kier molecular flexibility index (Phi) is 4.79. The first-order chi connectivity index (χ1) is 7.24. The van der Waals surface area contributed by atoms with Gasteiger partial charge in [0, 0.05) is 12.5 Å². The Bertz CT molecular complexity index is 360. The van der Waals surface area contributed by atoms with Gasteiger partial charge in [0.05, 0.1) is 23.4 Å². The van der Waals surface area contributed by atoms with Crippen LogP contribution in [0.3, 0.4) is 0 Å². The number of ether oxygens (including phenoxy) is 1. The number of nitrogens with two attached hydrogens (primary N) is 1. The highest BCUT2D eigenvalue weighted by atomic mass is 35.5. The van der Waals surface area contributed by atoms with Crippen LogP contribution in [0.1, 0.15) is 19.3 Å². The van der Waals surface area contributed by atoms with Gasteiger partial charge in [-0.3, -0.25) is 0 Å². The first kappa shape index (κ1) is 11.7. The van der Waals surface area contributed by atoms with Crippen molar-refractivity contribution in [1.82, 2.24) is 0 Å². The van der Waals surface area contributed by atoms with Gasteiger partial charge in [-0.1, -0.05) is 11.6 Å². The van der Waals surface area contributed by atoms with Crippen molar-refractivity contribution in [2.75, 3.05) is 12.3 Å². The molecule has 0 heterocycles. The second-order valence-corrected chi connectivity index (χ2v) is 3.55. The van der Waals surface area contributed by atoms with Crippen LogP contribution in [-0.2, 0) is 0 Å². The summed E-state index contributed by atoms with van der Waals surface area (Å²) in [6, 6.07) is 7.28. The molecule has 0 aliphatic heterocycles. The molecule has 0 aliphatic carbocycles. The highest BCUT2D eigenvalue weighted by molar-refractivity contribution is 6.33. The van der Waals surface area contributed by atoms with E-state index >= 15 is 0 Å². The molecule has 0 fully saturated rings. The van der Waals surface area contributed by atoms with Gasteiger partial charge in [0.1, 0.15) is 5.75 Å². The molecule has 80 valence electrons. The highest BCUT2D eigenvalue weighted by Crippen LogP contribution is 2.24. The van der Waals surface area contributed by atoms with Crippen LogP contribution in [0.15, 0.2) is 18.2 Å². The molecule has 3 nitrogen and oxygen atoms in total. The van der Waals surface area contributed by atoms with E-state index in [9.17, 15) is 0 Å². The third-order valence-electron chi connectivity index (χ3n) is 1.92. The number of benzene rings is 1. The molecule has 1 aromatic carbocycles. The van der Waals surface area contributed by atoms with Crippen LogP contribution in [0.5, 0.6) is 5.75 Å². The minimum Gasteiger partial charge on any atom is -0.494 e. The molecule has 2 N–H and O–H groups in total. The molecule has 1 aromatic rings. The minimum absolute atomic E-state index is 0.504. The Morgan fingerprint density at radius 1 is 1.40 bits per heavy atom. The normalized spacial score (nSPS) is 9.60. The van der Waals surface area contributed by atoms with Crippen molar-refractivity contribution in [2.24, 2.45) is 0 Å². The van der Waals surface area contributed by atoms with Crippen LogP contribution in [0.4, 0.5) is 5.69 Å². The van der Waals surface area contributed by atoms with Gasteiger partial charge in [-0.2, -0.15) is 5.26 Å². The van der Waals surface area contributed by atoms with E-state index in [2.05, 4.69) is 6.07 Å². The molecule has 0 atom stereocenters. The summed E-state index contributed by atoms with van der Waals surface area (Å²) in [4.78, 5) is 0. The maximum absolute atomic E-state index is 8.33. The van der Waals surface area contributed by atoms with Crippen molar-refractivity contribution in [3.8, 4) is 11.8 Å². The fourth-order valence-electron chi connectivity index (χ4n) is 1.09. The number of anilines is 1. The summed E-state index contributed by atoms with van der Waals surface area (Å²) < 4.78 is 5.44. The predicted octanol–water partition coefficient (Wildman–Crippen LogP) is 2.99.